The molecule has 2 aromatic carbocycles. The normalized spacial score (nSPS) is 10.8. The van der Waals surface area contributed by atoms with E-state index in [0.29, 0.717) is 12.2 Å². The van der Waals surface area contributed by atoms with Crippen molar-refractivity contribution in [3.05, 3.63) is 71.4 Å². The molecular weight excluding hydrogens is 374 g/mol. The standard InChI is InChI=1S/C21H19N3O3S/c1-26-16-7-3-5-14(11-16)13-22-20(25)18-19(24-9-10-28-21(24)23-18)15-6-4-8-17(12-15)27-2/h3-12H,13H2,1-2H3,(H,22,25). The van der Waals surface area contributed by atoms with E-state index in [1.165, 1.54) is 11.3 Å². The summed E-state index contributed by atoms with van der Waals surface area (Å²) in [5.74, 6) is 1.26. The molecule has 0 fully saturated rings. The van der Waals surface area contributed by atoms with Crippen molar-refractivity contribution in [3.8, 4) is 22.8 Å². The Morgan fingerprint density at radius 3 is 2.64 bits per heavy atom. The minimum atomic E-state index is -0.225. The third-order valence-corrected chi connectivity index (χ3v) is 5.16. The monoisotopic (exact) mass is 393 g/mol. The highest BCUT2D eigenvalue weighted by Crippen LogP contribution is 2.30. The fraction of sp³-hybridized carbons (Fsp3) is 0.143. The first-order valence-electron chi connectivity index (χ1n) is 8.70. The smallest absolute Gasteiger partial charge is 0.272 e. The van der Waals surface area contributed by atoms with Crippen LogP contribution in [-0.2, 0) is 6.54 Å². The summed E-state index contributed by atoms with van der Waals surface area (Å²) in [5.41, 5.74) is 2.97. The lowest BCUT2D eigenvalue weighted by atomic mass is 10.1. The van der Waals surface area contributed by atoms with E-state index < -0.39 is 0 Å². The lowest BCUT2D eigenvalue weighted by Gasteiger charge is -2.08. The zero-order valence-electron chi connectivity index (χ0n) is 15.5. The number of nitrogens with zero attached hydrogens (tertiary/aromatic N) is 2. The van der Waals surface area contributed by atoms with Crippen LogP contribution in [0.3, 0.4) is 0 Å². The zero-order valence-corrected chi connectivity index (χ0v) is 16.3. The van der Waals surface area contributed by atoms with Crippen molar-refractivity contribution < 1.29 is 14.3 Å². The third kappa shape index (κ3) is 3.44. The van der Waals surface area contributed by atoms with Gasteiger partial charge in [-0.1, -0.05) is 24.3 Å². The van der Waals surface area contributed by atoms with Gasteiger partial charge in [-0.25, -0.2) is 4.98 Å². The Balaban J connectivity index is 1.66. The summed E-state index contributed by atoms with van der Waals surface area (Å²) in [6.45, 7) is 0.388. The van der Waals surface area contributed by atoms with Crippen molar-refractivity contribution in [1.29, 1.82) is 0 Å². The number of fused-ring (bicyclic) bond motifs is 1. The first-order chi connectivity index (χ1) is 13.7. The van der Waals surface area contributed by atoms with Crippen LogP contribution in [-0.4, -0.2) is 29.5 Å². The molecule has 1 N–H and O–H groups in total. The maximum atomic E-state index is 12.9. The molecule has 2 aromatic heterocycles. The summed E-state index contributed by atoms with van der Waals surface area (Å²) in [5, 5.41) is 4.91. The number of imidazole rings is 1. The molecule has 0 aliphatic heterocycles. The van der Waals surface area contributed by atoms with E-state index in [0.717, 1.165) is 33.3 Å². The van der Waals surface area contributed by atoms with Gasteiger partial charge in [0.2, 0.25) is 0 Å². The second kappa shape index (κ2) is 7.74. The predicted octanol–water partition coefficient (Wildman–Crippen LogP) is 4.01. The van der Waals surface area contributed by atoms with Gasteiger partial charge in [0.15, 0.2) is 10.7 Å². The van der Waals surface area contributed by atoms with E-state index in [9.17, 15) is 4.79 Å². The van der Waals surface area contributed by atoms with Crippen LogP contribution < -0.4 is 14.8 Å². The summed E-state index contributed by atoms with van der Waals surface area (Å²) in [7, 11) is 3.24. The number of rotatable bonds is 6. The molecule has 1 amide bonds. The second-order valence-electron chi connectivity index (χ2n) is 6.13. The van der Waals surface area contributed by atoms with Gasteiger partial charge >= 0.3 is 0 Å². The van der Waals surface area contributed by atoms with Crippen LogP contribution in [0.25, 0.3) is 16.2 Å². The van der Waals surface area contributed by atoms with Gasteiger partial charge in [-0.2, -0.15) is 0 Å². The molecule has 0 unspecified atom stereocenters. The highest BCUT2D eigenvalue weighted by molar-refractivity contribution is 7.15. The summed E-state index contributed by atoms with van der Waals surface area (Å²) in [4.78, 5) is 18.3. The lowest BCUT2D eigenvalue weighted by Crippen LogP contribution is -2.23. The quantitative estimate of drug-likeness (QED) is 0.538. The van der Waals surface area contributed by atoms with Gasteiger partial charge in [0.25, 0.3) is 5.91 Å². The Kier molecular flexibility index (Phi) is 4.99. The molecule has 0 aliphatic rings. The molecule has 0 atom stereocenters. The SMILES string of the molecule is COc1cccc(CNC(=O)c2nc3sccn3c2-c2cccc(OC)c2)c1. The van der Waals surface area contributed by atoms with Gasteiger partial charge in [0, 0.05) is 23.7 Å². The second-order valence-corrected chi connectivity index (χ2v) is 7.00. The lowest BCUT2D eigenvalue weighted by molar-refractivity contribution is 0.0947. The maximum absolute atomic E-state index is 12.9. The van der Waals surface area contributed by atoms with Crippen LogP contribution in [0.1, 0.15) is 16.1 Å². The van der Waals surface area contributed by atoms with E-state index in [2.05, 4.69) is 10.3 Å². The number of amides is 1. The zero-order chi connectivity index (χ0) is 19.5. The molecule has 0 aliphatic carbocycles. The molecule has 0 spiro atoms. The van der Waals surface area contributed by atoms with E-state index >= 15 is 0 Å². The average molecular weight is 393 g/mol. The van der Waals surface area contributed by atoms with Crippen LogP contribution in [0.5, 0.6) is 11.5 Å². The van der Waals surface area contributed by atoms with E-state index in [1.54, 1.807) is 14.2 Å². The van der Waals surface area contributed by atoms with Crippen molar-refractivity contribution in [1.82, 2.24) is 14.7 Å². The molecule has 4 rings (SSSR count). The molecule has 28 heavy (non-hydrogen) atoms. The number of aromatic nitrogens is 2. The van der Waals surface area contributed by atoms with Gasteiger partial charge in [0.1, 0.15) is 11.5 Å². The first kappa shape index (κ1) is 18.1. The summed E-state index contributed by atoms with van der Waals surface area (Å²) < 4.78 is 12.5. The first-order valence-corrected chi connectivity index (χ1v) is 9.58. The van der Waals surface area contributed by atoms with Gasteiger partial charge < -0.3 is 14.8 Å². The molecule has 142 valence electrons. The molecule has 2 heterocycles. The van der Waals surface area contributed by atoms with Gasteiger partial charge in [-0.15, -0.1) is 11.3 Å². The number of carbonyl (C=O) groups excluding carboxylic acids is 1. The molecule has 0 saturated carbocycles. The number of methoxy groups -OCH3 is 2. The minimum Gasteiger partial charge on any atom is -0.497 e. The van der Waals surface area contributed by atoms with Crippen molar-refractivity contribution >= 4 is 22.2 Å². The number of nitrogens with one attached hydrogen (secondary N) is 1. The summed E-state index contributed by atoms with van der Waals surface area (Å²) in [6, 6.07) is 15.2. The number of benzene rings is 2. The molecule has 6 nitrogen and oxygen atoms in total. The highest BCUT2D eigenvalue weighted by Gasteiger charge is 2.21. The Morgan fingerprint density at radius 1 is 1.11 bits per heavy atom. The Hall–Kier alpha value is -3.32. The fourth-order valence-electron chi connectivity index (χ4n) is 3.04. The number of hydrogen-bond donors (Lipinski definition) is 1. The van der Waals surface area contributed by atoms with E-state index in [1.807, 2.05) is 64.5 Å². The van der Waals surface area contributed by atoms with Crippen molar-refractivity contribution in [3.63, 3.8) is 0 Å². The number of carbonyl (C=O) groups is 1. The predicted molar refractivity (Wildman–Crippen MR) is 109 cm³/mol. The molecule has 0 radical (unpaired) electrons. The van der Waals surface area contributed by atoms with E-state index in [-0.39, 0.29) is 5.91 Å². The maximum Gasteiger partial charge on any atom is 0.272 e. The molecule has 0 bridgehead atoms. The molecule has 4 aromatic rings. The van der Waals surface area contributed by atoms with Gasteiger partial charge in [-0.05, 0) is 29.8 Å². The molecule has 0 saturated heterocycles. The Labute approximate surface area is 166 Å². The van der Waals surface area contributed by atoms with Crippen LogP contribution in [0.4, 0.5) is 0 Å². The largest absolute Gasteiger partial charge is 0.497 e. The third-order valence-electron chi connectivity index (χ3n) is 4.41. The average Bonchev–Trinajstić information content (AvgIpc) is 3.33. The topological polar surface area (TPSA) is 64.9 Å². The minimum absolute atomic E-state index is 0.225. The van der Waals surface area contributed by atoms with Gasteiger partial charge in [0.05, 0.1) is 19.9 Å². The molecular formula is C21H19N3O3S. The van der Waals surface area contributed by atoms with Crippen LogP contribution in [0, 0.1) is 0 Å². The highest BCUT2D eigenvalue weighted by atomic mass is 32.1. The van der Waals surface area contributed by atoms with Gasteiger partial charge in [-0.3, -0.25) is 9.20 Å². The number of thiazole rings is 1. The number of hydrogen-bond acceptors (Lipinski definition) is 5. The number of ether oxygens (including phenoxy) is 2. The summed E-state index contributed by atoms with van der Waals surface area (Å²) in [6.07, 6.45) is 1.92. The van der Waals surface area contributed by atoms with Crippen molar-refractivity contribution in [2.75, 3.05) is 14.2 Å². The van der Waals surface area contributed by atoms with Crippen molar-refractivity contribution in [2.45, 2.75) is 6.54 Å². The Bertz CT molecular complexity index is 1130. The van der Waals surface area contributed by atoms with Crippen molar-refractivity contribution in [2.24, 2.45) is 0 Å². The summed E-state index contributed by atoms with van der Waals surface area (Å²) >= 11 is 1.49. The van der Waals surface area contributed by atoms with Crippen LogP contribution in [0.15, 0.2) is 60.1 Å². The van der Waals surface area contributed by atoms with Crippen LogP contribution >= 0.6 is 11.3 Å². The fourth-order valence-corrected chi connectivity index (χ4v) is 3.75. The van der Waals surface area contributed by atoms with Crippen LogP contribution in [0.2, 0.25) is 0 Å². The van der Waals surface area contributed by atoms with E-state index in [4.69, 9.17) is 9.47 Å². The Morgan fingerprint density at radius 2 is 1.86 bits per heavy atom. The molecule has 7 heteroatoms.